The van der Waals surface area contributed by atoms with E-state index in [1.165, 1.54) is 12.1 Å². The SMILES string of the molecule is CCOC(=O)CN(C)Cc1ccc(F)cc1CN. The van der Waals surface area contributed by atoms with Gasteiger partial charge in [-0.3, -0.25) is 9.69 Å². The maximum Gasteiger partial charge on any atom is 0.320 e. The summed E-state index contributed by atoms with van der Waals surface area (Å²) in [5.41, 5.74) is 7.24. The minimum absolute atomic E-state index is 0.204. The smallest absolute Gasteiger partial charge is 0.320 e. The van der Waals surface area contributed by atoms with E-state index in [2.05, 4.69) is 0 Å². The summed E-state index contributed by atoms with van der Waals surface area (Å²) in [5, 5.41) is 0. The molecule has 0 fully saturated rings. The van der Waals surface area contributed by atoms with Crippen LogP contribution in [0.25, 0.3) is 0 Å². The predicted octanol–water partition coefficient (Wildman–Crippen LogP) is 1.28. The monoisotopic (exact) mass is 254 g/mol. The van der Waals surface area contributed by atoms with E-state index >= 15 is 0 Å². The molecule has 100 valence electrons. The molecule has 2 N–H and O–H groups in total. The maximum atomic E-state index is 13.0. The first-order valence-electron chi connectivity index (χ1n) is 5.88. The van der Waals surface area contributed by atoms with Crippen molar-refractivity contribution in [2.75, 3.05) is 20.2 Å². The van der Waals surface area contributed by atoms with Crippen molar-refractivity contribution in [2.45, 2.75) is 20.0 Å². The van der Waals surface area contributed by atoms with Crippen LogP contribution in [0.4, 0.5) is 4.39 Å². The molecule has 0 bridgehead atoms. The fourth-order valence-electron chi connectivity index (χ4n) is 1.71. The molecule has 1 aromatic carbocycles. The zero-order valence-electron chi connectivity index (χ0n) is 10.8. The van der Waals surface area contributed by atoms with Gasteiger partial charge < -0.3 is 10.5 Å². The van der Waals surface area contributed by atoms with Crippen molar-refractivity contribution in [1.82, 2.24) is 4.90 Å². The summed E-state index contributed by atoms with van der Waals surface area (Å²) in [6.07, 6.45) is 0. The molecule has 0 amide bonds. The van der Waals surface area contributed by atoms with Gasteiger partial charge in [0.25, 0.3) is 0 Å². The second kappa shape index (κ2) is 7.08. The molecule has 0 aromatic heterocycles. The van der Waals surface area contributed by atoms with Crippen molar-refractivity contribution in [2.24, 2.45) is 5.73 Å². The lowest BCUT2D eigenvalue weighted by molar-refractivity contribution is -0.144. The highest BCUT2D eigenvalue weighted by molar-refractivity contribution is 5.71. The van der Waals surface area contributed by atoms with Crippen LogP contribution in [0.1, 0.15) is 18.1 Å². The molecular weight excluding hydrogens is 235 g/mol. The fourth-order valence-corrected chi connectivity index (χ4v) is 1.71. The Balaban J connectivity index is 2.63. The highest BCUT2D eigenvalue weighted by atomic mass is 19.1. The number of hydrogen-bond donors (Lipinski definition) is 1. The number of nitrogens with zero attached hydrogens (tertiary/aromatic N) is 1. The molecule has 0 spiro atoms. The number of esters is 1. The molecule has 18 heavy (non-hydrogen) atoms. The van der Waals surface area contributed by atoms with Crippen LogP contribution < -0.4 is 5.73 Å². The molecule has 0 saturated carbocycles. The highest BCUT2D eigenvalue weighted by Crippen LogP contribution is 2.12. The Morgan fingerprint density at radius 2 is 2.17 bits per heavy atom. The second-order valence-corrected chi connectivity index (χ2v) is 4.09. The van der Waals surface area contributed by atoms with Crippen LogP contribution in [0.3, 0.4) is 0 Å². The lowest BCUT2D eigenvalue weighted by atomic mass is 10.1. The lowest BCUT2D eigenvalue weighted by Gasteiger charge is -2.17. The van der Waals surface area contributed by atoms with Gasteiger partial charge in [-0.05, 0) is 37.2 Å². The van der Waals surface area contributed by atoms with Crippen LogP contribution >= 0.6 is 0 Å². The molecule has 0 atom stereocenters. The third-order valence-corrected chi connectivity index (χ3v) is 2.53. The van der Waals surface area contributed by atoms with Gasteiger partial charge in [0.1, 0.15) is 5.82 Å². The number of carbonyl (C=O) groups excluding carboxylic acids is 1. The summed E-state index contributed by atoms with van der Waals surface area (Å²) >= 11 is 0. The number of nitrogens with two attached hydrogens (primary N) is 1. The van der Waals surface area contributed by atoms with Gasteiger partial charge in [0.05, 0.1) is 13.2 Å². The fraction of sp³-hybridized carbons (Fsp3) is 0.462. The van der Waals surface area contributed by atoms with E-state index in [0.29, 0.717) is 13.2 Å². The molecule has 0 unspecified atom stereocenters. The maximum absolute atomic E-state index is 13.0. The molecule has 0 aliphatic rings. The van der Waals surface area contributed by atoms with Crippen molar-refractivity contribution in [3.05, 3.63) is 35.1 Å². The van der Waals surface area contributed by atoms with Crippen molar-refractivity contribution in [1.29, 1.82) is 0 Å². The quantitative estimate of drug-likeness (QED) is 0.777. The van der Waals surface area contributed by atoms with Gasteiger partial charge >= 0.3 is 5.97 Å². The van der Waals surface area contributed by atoms with E-state index in [4.69, 9.17) is 10.5 Å². The predicted molar refractivity (Wildman–Crippen MR) is 67.3 cm³/mol. The molecule has 0 saturated heterocycles. The van der Waals surface area contributed by atoms with E-state index in [9.17, 15) is 9.18 Å². The van der Waals surface area contributed by atoms with Crippen molar-refractivity contribution in [3.8, 4) is 0 Å². The van der Waals surface area contributed by atoms with Gasteiger partial charge in [0, 0.05) is 13.1 Å². The molecule has 0 heterocycles. The number of halogens is 1. The number of benzene rings is 1. The molecule has 5 heteroatoms. The molecule has 0 radical (unpaired) electrons. The molecule has 0 aliphatic heterocycles. The Morgan fingerprint density at radius 3 is 2.78 bits per heavy atom. The van der Waals surface area contributed by atoms with E-state index in [-0.39, 0.29) is 24.9 Å². The lowest BCUT2D eigenvalue weighted by Crippen LogP contribution is -2.27. The van der Waals surface area contributed by atoms with Gasteiger partial charge in [-0.15, -0.1) is 0 Å². The van der Waals surface area contributed by atoms with Gasteiger partial charge in [-0.1, -0.05) is 6.07 Å². The zero-order chi connectivity index (χ0) is 13.5. The normalized spacial score (nSPS) is 10.7. The zero-order valence-corrected chi connectivity index (χ0v) is 10.8. The molecule has 4 nitrogen and oxygen atoms in total. The van der Waals surface area contributed by atoms with Gasteiger partial charge in [0.2, 0.25) is 0 Å². The first-order valence-corrected chi connectivity index (χ1v) is 5.88. The average Bonchev–Trinajstić information content (AvgIpc) is 2.31. The number of carbonyl (C=O) groups is 1. The largest absolute Gasteiger partial charge is 0.465 e. The summed E-state index contributed by atoms with van der Waals surface area (Å²) < 4.78 is 17.9. The van der Waals surface area contributed by atoms with Gasteiger partial charge in [0.15, 0.2) is 0 Å². The Bertz CT molecular complexity index is 410. The first-order chi connectivity index (χ1) is 8.56. The third kappa shape index (κ3) is 4.43. The van der Waals surface area contributed by atoms with Crippen LogP contribution in [0.5, 0.6) is 0 Å². The highest BCUT2D eigenvalue weighted by Gasteiger charge is 2.10. The Labute approximate surface area is 107 Å². The Morgan fingerprint density at radius 1 is 1.44 bits per heavy atom. The van der Waals surface area contributed by atoms with Crippen LogP contribution in [-0.2, 0) is 22.6 Å². The molecule has 1 rings (SSSR count). The van der Waals surface area contributed by atoms with Crippen LogP contribution in [0.15, 0.2) is 18.2 Å². The third-order valence-electron chi connectivity index (χ3n) is 2.53. The summed E-state index contributed by atoms with van der Waals surface area (Å²) in [4.78, 5) is 13.1. The summed E-state index contributed by atoms with van der Waals surface area (Å²) in [5.74, 6) is -0.566. The topological polar surface area (TPSA) is 55.6 Å². The van der Waals surface area contributed by atoms with Gasteiger partial charge in [-0.2, -0.15) is 0 Å². The van der Waals surface area contributed by atoms with Crippen LogP contribution in [-0.4, -0.2) is 31.1 Å². The van der Waals surface area contributed by atoms with Crippen molar-refractivity contribution in [3.63, 3.8) is 0 Å². The van der Waals surface area contributed by atoms with Crippen LogP contribution in [0, 0.1) is 5.82 Å². The Kier molecular flexibility index (Phi) is 5.74. The summed E-state index contributed by atoms with van der Waals surface area (Å²) in [6.45, 7) is 3.16. The summed E-state index contributed by atoms with van der Waals surface area (Å²) in [7, 11) is 1.81. The van der Waals surface area contributed by atoms with E-state index in [1.807, 2.05) is 4.90 Å². The van der Waals surface area contributed by atoms with E-state index in [1.54, 1.807) is 20.0 Å². The number of hydrogen-bond acceptors (Lipinski definition) is 4. The Hall–Kier alpha value is -1.46. The molecule has 0 aliphatic carbocycles. The molecular formula is C13H19FN2O2. The summed E-state index contributed by atoms with van der Waals surface area (Å²) in [6, 6.07) is 4.51. The average molecular weight is 254 g/mol. The van der Waals surface area contributed by atoms with E-state index in [0.717, 1.165) is 11.1 Å². The number of ether oxygens (including phenoxy) is 1. The van der Waals surface area contributed by atoms with E-state index < -0.39 is 0 Å². The van der Waals surface area contributed by atoms with Crippen molar-refractivity contribution >= 4 is 5.97 Å². The van der Waals surface area contributed by atoms with Crippen molar-refractivity contribution < 1.29 is 13.9 Å². The number of rotatable bonds is 6. The van der Waals surface area contributed by atoms with Gasteiger partial charge in [-0.25, -0.2) is 4.39 Å². The minimum Gasteiger partial charge on any atom is -0.465 e. The standard InChI is InChI=1S/C13H19FN2O2/c1-3-18-13(17)9-16(2)8-10-4-5-12(14)6-11(10)7-15/h4-6H,3,7-9,15H2,1-2H3. The molecule has 1 aromatic rings. The second-order valence-electron chi connectivity index (χ2n) is 4.09. The minimum atomic E-state index is -0.299. The number of likely N-dealkylation sites (N-methyl/N-ethyl adjacent to an activating group) is 1. The first kappa shape index (κ1) is 14.6. The van der Waals surface area contributed by atoms with Crippen LogP contribution in [0.2, 0.25) is 0 Å².